The zero-order valence-corrected chi connectivity index (χ0v) is 15.1. The first-order valence-electron chi connectivity index (χ1n) is 8.62. The summed E-state index contributed by atoms with van der Waals surface area (Å²) in [5.41, 5.74) is 1.79. The van der Waals surface area contributed by atoms with Crippen molar-refractivity contribution in [3.63, 3.8) is 0 Å². The molecule has 0 aliphatic carbocycles. The van der Waals surface area contributed by atoms with Gasteiger partial charge in [0.05, 0.1) is 5.92 Å². The third-order valence-electron chi connectivity index (χ3n) is 4.35. The van der Waals surface area contributed by atoms with E-state index in [1.54, 1.807) is 12.1 Å². The van der Waals surface area contributed by atoms with Crippen LogP contribution in [0.3, 0.4) is 0 Å². The van der Waals surface area contributed by atoms with Crippen LogP contribution in [0, 0.1) is 24.5 Å². The van der Waals surface area contributed by atoms with Crippen LogP contribution < -0.4 is 10.2 Å². The Balaban J connectivity index is 1.52. The molecule has 3 rings (SSSR count). The normalized spacial score (nSPS) is 16.2. The van der Waals surface area contributed by atoms with E-state index in [0.29, 0.717) is 5.69 Å². The molecule has 28 heavy (non-hydrogen) atoms. The second kappa shape index (κ2) is 8.16. The number of amides is 2. The minimum absolute atomic E-state index is 0.00248. The molecular weight excluding hydrogens is 370 g/mol. The lowest BCUT2D eigenvalue weighted by Gasteiger charge is -2.16. The Labute approximate surface area is 160 Å². The topological polar surface area (TPSA) is 75.7 Å². The first-order valence-corrected chi connectivity index (χ1v) is 8.62. The Kier molecular flexibility index (Phi) is 5.67. The fourth-order valence-corrected chi connectivity index (χ4v) is 2.87. The molecule has 1 saturated heterocycles. The van der Waals surface area contributed by atoms with E-state index in [0.717, 1.165) is 17.7 Å². The van der Waals surface area contributed by atoms with Gasteiger partial charge < -0.3 is 15.0 Å². The molecule has 1 aliphatic heterocycles. The lowest BCUT2D eigenvalue weighted by molar-refractivity contribution is -0.151. The summed E-state index contributed by atoms with van der Waals surface area (Å²) in [4.78, 5) is 37.7. The minimum Gasteiger partial charge on any atom is -0.455 e. The number of esters is 1. The van der Waals surface area contributed by atoms with E-state index in [1.807, 2.05) is 19.1 Å². The van der Waals surface area contributed by atoms with Crippen molar-refractivity contribution in [3.05, 3.63) is 59.7 Å². The zero-order valence-electron chi connectivity index (χ0n) is 15.1. The first kappa shape index (κ1) is 19.5. The fraction of sp³-hybridized carbons (Fsp3) is 0.250. The molecule has 2 aromatic carbocycles. The molecular formula is C20H18F2N2O4. The summed E-state index contributed by atoms with van der Waals surface area (Å²) in [6.07, 6.45) is -0.00248. The van der Waals surface area contributed by atoms with E-state index in [2.05, 4.69) is 5.32 Å². The number of nitrogens with zero attached hydrogens (tertiary/aromatic N) is 1. The van der Waals surface area contributed by atoms with Gasteiger partial charge in [-0.1, -0.05) is 17.7 Å². The SMILES string of the molecule is Cc1ccc(N2C[C@H](C(=O)OCC(=O)Nc3ccc(F)c(F)c3)CC2=O)cc1. The fourth-order valence-electron chi connectivity index (χ4n) is 2.87. The van der Waals surface area contributed by atoms with E-state index in [4.69, 9.17) is 4.74 Å². The molecule has 8 heteroatoms. The van der Waals surface area contributed by atoms with Gasteiger partial charge in [0.2, 0.25) is 5.91 Å². The Morgan fingerprint density at radius 1 is 1.14 bits per heavy atom. The molecule has 0 saturated carbocycles. The summed E-state index contributed by atoms with van der Waals surface area (Å²) in [5, 5.41) is 2.30. The third-order valence-corrected chi connectivity index (χ3v) is 4.35. The number of hydrogen-bond acceptors (Lipinski definition) is 4. The predicted molar refractivity (Wildman–Crippen MR) is 97.6 cm³/mol. The third kappa shape index (κ3) is 4.51. The summed E-state index contributed by atoms with van der Waals surface area (Å²) < 4.78 is 31.0. The van der Waals surface area contributed by atoms with Gasteiger partial charge in [0.15, 0.2) is 18.2 Å². The molecule has 1 heterocycles. The van der Waals surface area contributed by atoms with Crippen LogP contribution in [0.4, 0.5) is 20.2 Å². The number of carbonyl (C=O) groups excluding carboxylic acids is 3. The monoisotopic (exact) mass is 388 g/mol. The van der Waals surface area contributed by atoms with E-state index in [1.165, 1.54) is 11.0 Å². The van der Waals surface area contributed by atoms with Gasteiger partial charge in [-0.2, -0.15) is 0 Å². The quantitative estimate of drug-likeness (QED) is 0.800. The maximum atomic E-state index is 13.1. The molecule has 0 radical (unpaired) electrons. The molecule has 1 fully saturated rings. The Morgan fingerprint density at radius 2 is 1.86 bits per heavy atom. The van der Waals surface area contributed by atoms with Crippen molar-refractivity contribution in [2.24, 2.45) is 5.92 Å². The smallest absolute Gasteiger partial charge is 0.311 e. The van der Waals surface area contributed by atoms with Crippen molar-refractivity contribution in [1.29, 1.82) is 0 Å². The predicted octanol–water partition coefficient (Wildman–Crippen LogP) is 2.81. The Morgan fingerprint density at radius 3 is 2.54 bits per heavy atom. The summed E-state index contributed by atoms with van der Waals surface area (Å²) in [5.74, 6) is -4.37. The van der Waals surface area contributed by atoms with Crippen LogP contribution in [0.25, 0.3) is 0 Å². The largest absolute Gasteiger partial charge is 0.455 e. The lowest BCUT2D eigenvalue weighted by Crippen LogP contribution is -2.28. The number of anilines is 2. The number of hydrogen-bond donors (Lipinski definition) is 1. The molecule has 6 nitrogen and oxygen atoms in total. The zero-order chi connectivity index (χ0) is 20.3. The van der Waals surface area contributed by atoms with Gasteiger partial charge in [-0.15, -0.1) is 0 Å². The van der Waals surface area contributed by atoms with Crippen LogP contribution in [-0.2, 0) is 19.1 Å². The van der Waals surface area contributed by atoms with Crippen LogP contribution in [0.2, 0.25) is 0 Å². The molecule has 0 aromatic heterocycles. The summed E-state index contributed by atoms with van der Waals surface area (Å²) in [6.45, 7) is 1.51. The number of aryl methyl sites for hydroxylation is 1. The highest BCUT2D eigenvalue weighted by atomic mass is 19.2. The Hall–Kier alpha value is -3.29. The van der Waals surface area contributed by atoms with Crippen molar-refractivity contribution in [3.8, 4) is 0 Å². The van der Waals surface area contributed by atoms with E-state index in [9.17, 15) is 23.2 Å². The number of ether oxygens (including phenoxy) is 1. The van der Waals surface area contributed by atoms with Gasteiger partial charge in [-0.3, -0.25) is 14.4 Å². The number of benzene rings is 2. The molecule has 0 unspecified atom stereocenters. The van der Waals surface area contributed by atoms with Gasteiger partial charge >= 0.3 is 5.97 Å². The highest BCUT2D eigenvalue weighted by Crippen LogP contribution is 2.26. The minimum atomic E-state index is -1.10. The van der Waals surface area contributed by atoms with Gasteiger partial charge in [0, 0.05) is 30.4 Å². The number of rotatable bonds is 5. The van der Waals surface area contributed by atoms with Crippen molar-refractivity contribution in [2.45, 2.75) is 13.3 Å². The molecule has 0 bridgehead atoms. The molecule has 1 atom stereocenters. The standard InChI is InChI=1S/C20H18F2N2O4/c1-12-2-5-15(6-3-12)24-10-13(8-19(24)26)20(27)28-11-18(25)23-14-4-7-16(21)17(22)9-14/h2-7,9,13H,8,10-11H2,1H3,(H,23,25)/t13-/m1/s1. The first-order chi connectivity index (χ1) is 13.3. The maximum absolute atomic E-state index is 13.1. The van der Waals surface area contributed by atoms with Crippen LogP contribution in [-0.4, -0.2) is 30.9 Å². The number of carbonyl (C=O) groups is 3. The molecule has 2 amide bonds. The molecule has 2 aromatic rings. The molecule has 0 spiro atoms. The maximum Gasteiger partial charge on any atom is 0.311 e. The van der Waals surface area contributed by atoms with Crippen LogP contribution in [0.5, 0.6) is 0 Å². The van der Waals surface area contributed by atoms with Crippen molar-refractivity contribution in [2.75, 3.05) is 23.4 Å². The molecule has 1 aliphatic rings. The van der Waals surface area contributed by atoms with Crippen LogP contribution in [0.15, 0.2) is 42.5 Å². The average Bonchev–Trinajstić information content (AvgIpc) is 3.05. The summed E-state index contributed by atoms with van der Waals surface area (Å²) in [6, 6.07) is 10.2. The number of halogens is 2. The molecule has 1 N–H and O–H groups in total. The van der Waals surface area contributed by atoms with Gasteiger partial charge in [0.25, 0.3) is 5.91 Å². The number of nitrogens with one attached hydrogen (secondary N) is 1. The van der Waals surface area contributed by atoms with Crippen LogP contribution in [0.1, 0.15) is 12.0 Å². The van der Waals surface area contributed by atoms with E-state index < -0.39 is 36.0 Å². The van der Waals surface area contributed by atoms with Gasteiger partial charge in [-0.25, -0.2) is 8.78 Å². The Bertz CT molecular complexity index is 915. The van der Waals surface area contributed by atoms with Crippen LogP contribution >= 0.6 is 0 Å². The van der Waals surface area contributed by atoms with Crippen molar-refractivity contribution >= 4 is 29.2 Å². The summed E-state index contributed by atoms with van der Waals surface area (Å²) in [7, 11) is 0. The second-order valence-electron chi connectivity index (χ2n) is 6.53. The second-order valence-corrected chi connectivity index (χ2v) is 6.53. The van der Waals surface area contributed by atoms with Crippen molar-refractivity contribution in [1.82, 2.24) is 0 Å². The average molecular weight is 388 g/mol. The lowest BCUT2D eigenvalue weighted by atomic mass is 10.1. The van der Waals surface area contributed by atoms with Crippen molar-refractivity contribution < 1.29 is 27.9 Å². The highest BCUT2D eigenvalue weighted by Gasteiger charge is 2.36. The van der Waals surface area contributed by atoms with E-state index >= 15 is 0 Å². The molecule has 146 valence electrons. The van der Waals surface area contributed by atoms with Gasteiger partial charge in [0.1, 0.15) is 0 Å². The van der Waals surface area contributed by atoms with E-state index in [-0.39, 0.29) is 24.6 Å². The highest BCUT2D eigenvalue weighted by molar-refractivity contribution is 6.00. The van der Waals surface area contributed by atoms with Gasteiger partial charge in [-0.05, 0) is 31.2 Å². The summed E-state index contributed by atoms with van der Waals surface area (Å²) >= 11 is 0.